The van der Waals surface area contributed by atoms with Gasteiger partial charge in [0.15, 0.2) is 0 Å². The summed E-state index contributed by atoms with van der Waals surface area (Å²) < 4.78 is 47.0. The van der Waals surface area contributed by atoms with Crippen LogP contribution in [-0.4, -0.2) is 33.4 Å². The summed E-state index contributed by atoms with van der Waals surface area (Å²) in [4.78, 5) is 14.4. The van der Waals surface area contributed by atoms with Crippen LogP contribution in [0, 0.1) is 12.7 Å². The molecule has 6 nitrogen and oxygen atoms in total. The number of aryl methyl sites for hydroxylation is 1. The Morgan fingerprint density at radius 3 is 2.52 bits per heavy atom. The van der Waals surface area contributed by atoms with Gasteiger partial charge in [-0.1, -0.05) is 30.3 Å². The molecule has 0 saturated heterocycles. The minimum Gasteiger partial charge on any atom is -0.495 e. The molecule has 162 valence electrons. The van der Waals surface area contributed by atoms with E-state index in [1.54, 1.807) is 56.4 Å². The second kappa shape index (κ2) is 9.18. The van der Waals surface area contributed by atoms with Gasteiger partial charge >= 0.3 is 0 Å². The Labute approximate surface area is 181 Å². The van der Waals surface area contributed by atoms with Crippen LogP contribution in [0.1, 0.15) is 21.5 Å². The second-order valence-corrected chi connectivity index (χ2v) is 8.76. The first-order valence-corrected chi connectivity index (χ1v) is 11.0. The summed E-state index contributed by atoms with van der Waals surface area (Å²) in [5.41, 5.74) is 1.81. The average Bonchev–Trinajstić information content (AvgIpc) is 2.73. The molecule has 0 aromatic heterocycles. The SMILES string of the molecule is COc1ccccc1NS(=O)(=O)c1ccc(C)c(C(=O)N(C)Cc2cccc(F)c2)c1. The lowest BCUT2D eigenvalue weighted by Gasteiger charge is -2.19. The molecule has 0 fully saturated rings. The quantitative estimate of drug-likeness (QED) is 0.595. The fourth-order valence-electron chi connectivity index (χ4n) is 3.12. The van der Waals surface area contributed by atoms with Crippen molar-refractivity contribution in [2.75, 3.05) is 18.9 Å². The molecule has 31 heavy (non-hydrogen) atoms. The van der Waals surface area contributed by atoms with Crippen molar-refractivity contribution in [3.05, 3.63) is 89.2 Å². The third kappa shape index (κ3) is 5.21. The molecule has 0 unspecified atom stereocenters. The number of hydrogen-bond acceptors (Lipinski definition) is 4. The second-order valence-electron chi connectivity index (χ2n) is 7.07. The third-order valence-corrected chi connectivity index (χ3v) is 6.12. The molecule has 0 aliphatic carbocycles. The molecule has 3 aromatic rings. The number of benzene rings is 3. The van der Waals surface area contributed by atoms with E-state index in [1.165, 1.54) is 36.3 Å². The Morgan fingerprint density at radius 2 is 1.81 bits per heavy atom. The zero-order chi connectivity index (χ0) is 22.6. The first kappa shape index (κ1) is 22.3. The predicted molar refractivity (Wildman–Crippen MR) is 117 cm³/mol. The Kier molecular flexibility index (Phi) is 6.60. The largest absolute Gasteiger partial charge is 0.495 e. The van der Waals surface area contributed by atoms with E-state index >= 15 is 0 Å². The lowest BCUT2D eigenvalue weighted by molar-refractivity contribution is 0.0784. The van der Waals surface area contributed by atoms with Crippen LogP contribution in [0.4, 0.5) is 10.1 Å². The maximum Gasteiger partial charge on any atom is 0.262 e. The molecule has 1 N–H and O–H groups in total. The van der Waals surface area contributed by atoms with E-state index in [2.05, 4.69) is 4.72 Å². The van der Waals surface area contributed by atoms with E-state index in [1.807, 2.05) is 0 Å². The standard InChI is InChI=1S/C23H23FN2O4S/c1-16-11-12-19(31(28,29)25-21-9-4-5-10-22(21)30-3)14-20(16)23(27)26(2)15-17-7-6-8-18(24)13-17/h4-14,25H,15H2,1-3H3. The predicted octanol–water partition coefficient (Wildman–Crippen LogP) is 4.22. The molecular weight excluding hydrogens is 419 g/mol. The molecule has 0 aliphatic rings. The number of para-hydroxylation sites is 2. The van der Waals surface area contributed by atoms with Crippen LogP contribution in [0.25, 0.3) is 0 Å². The van der Waals surface area contributed by atoms with Crippen molar-refractivity contribution < 1.29 is 22.3 Å². The zero-order valence-corrected chi connectivity index (χ0v) is 18.2. The number of sulfonamides is 1. The lowest BCUT2D eigenvalue weighted by Crippen LogP contribution is -2.27. The molecule has 0 bridgehead atoms. The van der Waals surface area contributed by atoms with E-state index in [-0.39, 0.29) is 28.7 Å². The third-order valence-electron chi connectivity index (χ3n) is 4.76. The fraction of sp³-hybridized carbons (Fsp3) is 0.174. The van der Waals surface area contributed by atoms with Crippen molar-refractivity contribution in [3.8, 4) is 5.75 Å². The number of methoxy groups -OCH3 is 1. The highest BCUT2D eigenvalue weighted by Crippen LogP contribution is 2.27. The molecule has 8 heteroatoms. The number of carbonyl (C=O) groups excluding carboxylic acids is 1. The number of anilines is 1. The number of ether oxygens (including phenoxy) is 1. The van der Waals surface area contributed by atoms with E-state index in [0.29, 0.717) is 22.6 Å². The van der Waals surface area contributed by atoms with Gasteiger partial charge in [0.25, 0.3) is 15.9 Å². The molecule has 3 rings (SSSR count). The summed E-state index contributed by atoms with van der Waals surface area (Å²) >= 11 is 0. The van der Waals surface area contributed by atoms with Crippen LogP contribution in [-0.2, 0) is 16.6 Å². The Hall–Kier alpha value is -3.39. The zero-order valence-electron chi connectivity index (χ0n) is 17.4. The van der Waals surface area contributed by atoms with Crippen molar-refractivity contribution in [2.45, 2.75) is 18.4 Å². The Morgan fingerprint density at radius 1 is 1.06 bits per heavy atom. The Bertz CT molecular complexity index is 1210. The summed E-state index contributed by atoms with van der Waals surface area (Å²) in [6, 6.07) is 17.0. The summed E-state index contributed by atoms with van der Waals surface area (Å²) in [7, 11) is -0.926. The highest BCUT2D eigenvalue weighted by molar-refractivity contribution is 7.92. The number of nitrogens with one attached hydrogen (secondary N) is 1. The lowest BCUT2D eigenvalue weighted by atomic mass is 10.1. The summed E-state index contributed by atoms with van der Waals surface area (Å²) in [5.74, 6) is -0.370. The first-order chi connectivity index (χ1) is 14.7. The number of halogens is 1. The van der Waals surface area contributed by atoms with Crippen LogP contribution in [0.3, 0.4) is 0 Å². The number of rotatable bonds is 7. The van der Waals surface area contributed by atoms with Gasteiger partial charge < -0.3 is 9.64 Å². The maximum absolute atomic E-state index is 13.4. The van der Waals surface area contributed by atoms with Crippen molar-refractivity contribution >= 4 is 21.6 Å². The van der Waals surface area contributed by atoms with Gasteiger partial charge in [-0.05, 0) is 54.4 Å². The smallest absolute Gasteiger partial charge is 0.262 e. The van der Waals surface area contributed by atoms with Gasteiger partial charge in [0.2, 0.25) is 0 Å². The highest BCUT2D eigenvalue weighted by atomic mass is 32.2. The number of carbonyl (C=O) groups is 1. The number of nitrogens with zero attached hydrogens (tertiary/aromatic N) is 1. The monoisotopic (exact) mass is 442 g/mol. The summed E-state index contributed by atoms with van der Waals surface area (Å²) in [6.45, 7) is 1.92. The molecular formula is C23H23FN2O4S. The molecule has 0 saturated carbocycles. The van der Waals surface area contributed by atoms with Crippen LogP contribution >= 0.6 is 0 Å². The van der Waals surface area contributed by atoms with Gasteiger partial charge in [-0.25, -0.2) is 12.8 Å². The van der Waals surface area contributed by atoms with E-state index in [4.69, 9.17) is 4.74 Å². The molecule has 0 atom stereocenters. The van der Waals surface area contributed by atoms with Crippen molar-refractivity contribution in [1.29, 1.82) is 0 Å². The van der Waals surface area contributed by atoms with Crippen molar-refractivity contribution in [2.24, 2.45) is 0 Å². The molecule has 1 amide bonds. The van der Waals surface area contributed by atoms with E-state index in [0.717, 1.165) is 0 Å². The minimum absolute atomic E-state index is 0.0495. The van der Waals surface area contributed by atoms with Crippen LogP contribution in [0.5, 0.6) is 5.75 Å². The van der Waals surface area contributed by atoms with E-state index in [9.17, 15) is 17.6 Å². The summed E-state index contributed by atoms with van der Waals surface area (Å²) in [5, 5.41) is 0. The van der Waals surface area contributed by atoms with Gasteiger partial charge in [0.1, 0.15) is 11.6 Å². The Balaban J connectivity index is 1.87. The normalized spacial score (nSPS) is 11.1. The maximum atomic E-state index is 13.4. The van der Waals surface area contributed by atoms with Gasteiger partial charge in [0, 0.05) is 19.2 Å². The van der Waals surface area contributed by atoms with Crippen molar-refractivity contribution in [3.63, 3.8) is 0 Å². The molecule has 0 radical (unpaired) electrons. The summed E-state index contributed by atoms with van der Waals surface area (Å²) in [6.07, 6.45) is 0. The van der Waals surface area contributed by atoms with Gasteiger partial charge in [0.05, 0.1) is 17.7 Å². The van der Waals surface area contributed by atoms with Gasteiger partial charge in [-0.3, -0.25) is 9.52 Å². The first-order valence-electron chi connectivity index (χ1n) is 9.47. The van der Waals surface area contributed by atoms with Crippen molar-refractivity contribution in [1.82, 2.24) is 4.90 Å². The van der Waals surface area contributed by atoms with Crippen LogP contribution in [0.2, 0.25) is 0 Å². The number of hydrogen-bond donors (Lipinski definition) is 1. The van der Waals surface area contributed by atoms with E-state index < -0.39 is 10.0 Å². The molecule has 3 aromatic carbocycles. The molecule has 0 spiro atoms. The van der Waals surface area contributed by atoms with Gasteiger partial charge in [-0.15, -0.1) is 0 Å². The minimum atomic E-state index is -3.96. The molecule has 0 heterocycles. The van der Waals surface area contributed by atoms with Gasteiger partial charge in [-0.2, -0.15) is 0 Å². The fourth-order valence-corrected chi connectivity index (χ4v) is 4.21. The average molecular weight is 443 g/mol. The highest BCUT2D eigenvalue weighted by Gasteiger charge is 2.21. The molecule has 0 aliphatic heterocycles. The number of amides is 1. The van der Waals surface area contributed by atoms with Crippen LogP contribution in [0.15, 0.2) is 71.6 Å². The van der Waals surface area contributed by atoms with Crippen LogP contribution < -0.4 is 9.46 Å². The topological polar surface area (TPSA) is 75.7 Å².